The highest BCUT2D eigenvalue weighted by atomic mass is 16.5. The van der Waals surface area contributed by atoms with E-state index in [1.165, 1.54) is 18.3 Å². The molecule has 1 aromatic rings. The standard InChI is InChI=1S/C13H18N4O3/c1-7(2)16-9-5-10(15-6-14-9)17-12(18)8(3)11(20-4)13(17)19/h5-7,12,18H,1-4H3,(H,14,15,16). The number of rotatable bonds is 4. The van der Waals surface area contributed by atoms with E-state index in [2.05, 4.69) is 15.3 Å². The topological polar surface area (TPSA) is 87.6 Å². The lowest BCUT2D eigenvalue weighted by Crippen LogP contribution is -2.36. The molecule has 1 amide bonds. The van der Waals surface area contributed by atoms with E-state index < -0.39 is 12.1 Å². The molecule has 20 heavy (non-hydrogen) atoms. The van der Waals surface area contributed by atoms with E-state index >= 15 is 0 Å². The molecule has 108 valence electrons. The van der Waals surface area contributed by atoms with Crippen LogP contribution in [0.4, 0.5) is 11.6 Å². The molecule has 1 unspecified atom stereocenters. The molecule has 7 nitrogen and oxygen atoms in total. The smallest absolute Gasteiger partial charge is 0.297 e. The Balaban J connectivity index is 2.32. The summed E-state index contributed by atoms with van der Waals surface area (Å²) in [6.45, 7) is 5.61. The Morgan fingerprint density at radius 3 is 2.70 bits per heavy atom. The number of anilines is 2. The van der Waals surface area contributed by atoms with Crippen LogP contribution in [0.2, 0.25) is 0 Å². The second-order valence-electron chi connectivity index (χ2n) is 4.83. The van der Waals surface area contributed by atoms with Crippen LogP contribution in [0.25, 0.3) is 0 Å². The maximum absolute atomic E-state index is 12.2. The van der Waals surface area contributed by atoms with Gasteiger partial charge in [0.2, 0.25) is 0 Å². The number of ether oxygens (including phenoxy) is 1. The van der Waals surface area contributed by atoms with Crippen molar-refractivity contribution in [1.29, 1.82) is 0 Å². The third kappa shape index (κ3) is 2.44. The lowest BCUT2D eigenvalue weighted by atomic mass is 10.3. The second kappa shape index (κ2) is 5.46. The second-order valence-corrected chi connectivity index (χ2v) is 4.83. The third-order valence-corrected chi connectivity index (χ3v) is 2.94. The van der Waals surface area contributed by atoms with Gasteiger partial charge in [-0.3, -0.25) is 9.69 Å². The summed E-state index contributed by atoms with van der Waals surface area (Å²) in [6.07, 6.45) is 0.277. The molecule has 2 heterocycles. The molecular formula is C13H18N4O3. The van der Waals surface area contributed by atoms with E-state index in [0.717, 1.165) is 0 Å². The van der Waals surface area contributed by atoms with E-state index in [1.807, 2.05) is 13.8 Å². The summed E-state index contributed by atoms with van der Waals surface area (Å²) < 4.78 is 5.02. The number of aromatic nitrogens is 2. The van der Waals surface area contributed by atoms with Crippen molar-refractivity contribution >= 4 is 17.5 Å². The summed E-state index contributed by atoms with van der Waals surface area (Å²) >= 11 is 0. The van der Waals surface area contributed by atoms with E-state index in [4.69, 9.17) is 4.74 Å². The number of hydrogen-bond acceptors (Lipinski definition) is 6. The summed E-state index contributed by atoms with van der Waals surface area (Å²) in [5.74, 6) is 0.654. The molecule has 1 aromatic heterocycles. The Bertz CT molecular complexity index is 556. The Labute approximate surface area is 117 Å². The Morgan fingerprint density at radius 2 is 2.15 bits per heavy atom. The molecule has 2 rings (SSSR count). The van der Waals surface area contributed by atoms with Gasteiger partial charge < -0.3 is 15.2 Å². The monoisotopic (exact) mass is 278 g/mol. The largest absolute Gasteiger partial charge is 0.491 e. The fourth-order valence-electron chi connectivity index (χ4n) is 2.03. The highest BCUT2D eigenvalue weighted by molar-refractivity contribution is 6.07. The first-order chi connectivity index (χ1) is 9.45. The van der Waals surface area contributed by atoms with Gasteiger partial charge in [-0.1, -0.05) is 0 Å². The zero-order valence-electron chi connectivity index (χ0n) is 11.9. The van der Waals surface area contributed by atoms with Gasteiger partial charge in [0.25, 0.3) is 5.91 Å². The number of carbonyl (C=O) groups excluding carboxylic acids is 1. The predicted octanol–water partition coefficient (Wildman–Crippen LogP) is 0.882. The molecule has 1 aliphatic heterocycles. The molecule has 0 saturated heterocycles. The minimum absolute atomic E-state index is 0.148. The number of nitrogens with zero attached hydrogens (tertiary/aromatic N) is 3. The van der Waals surface area contributed by atoms with Crippen molar-refractivity contribution in [3.8, 4) is 0 Å². The number of nitrogens with one attached hydrogen (secondary N) is 1. The first-order valence-electron chi connectivity index (χ1n) is 6.30. The molecule has 0 bridgehead atoms. The Morgan fingerprint density at radius 1 is 1.45 bits per heavy atom. The highest BCUT2D eigenvalue weighted by Gasteiger charge is 2.38. The normalized spacial score (nSPS) is 19.0. The fraction of sp³-hybridized carbons (Fsp3) is 0.462. The minimum atomic E-state index is -1.07. The van der Waals surface area contributed by atoms with Gasteiger partial charge in [-0.25, -0.2) is 9.97 Å². The van der Waals surface area contributed by atoms with Crippen molar-refractivity contribution in [2.45, 2.75) is 33.0 Å². The Hall–Kier alpha value is -2.15. The number of carbonyl (C=O) groups is 1. The van der Waals surface area contributed by atoms with Crippen LogP contribution < -0.4 is 10.2 Å². The summed E-state index contributed by atoms with van der Waals surface area (Å²) in [5, 5.41) is 13.3. The van der Waals surface area contributed by atoms with Gasteiger partial charge in [0.05, 0.1) is 7.11 Å². The molecule has 7 heteroatoms. The molecule has 0 spiro atoms. The lowest BCUT2D eigenvalue weighted by molar-refractivity contribution is -0.118. The van der Waals surface area contributed by atoms with Crippen molar-refractivity contribution < 1.29 is 14.6 Å². The summed E-state index contributed by atoms with van der Waals surface area (Å²) in [4.78, 5) is 21.5. The van der Waals surface area contributed by atoms with Crippen molar-refractivity contribution in [3.63, 3.8) is 0 Å². The van der Waals surface area contributed by atoms with Crippen molar-refractivity contribution in [2.75, 3.05) is 17.3 Å². The van der Waals surface area contributed by atoms with Crippen LogP contribution in [0.3, 0.4) is 0 Å². The van der Waals surface area contributed by atoms with Crippen LogP contribution in [0, 0.1) is 0 Å². The van der Waals surface area contributed by atoms with E-state index in [-0.39, 0.29) is 11.8 Å². The number of aliphatic hydroxyl groups excluding tert-OH is 1. The lowest BCUT2D eigenvalue weighted by Gasteiger charge is -2.21. The molecule has 0 aliphatic carbocycles. The first kappa shape index (κ1) is 14.3. The quantitative estimate of drug-likeness (QED) is 0.850. The van der Waals surface area contributed by atoms with Gasteiger partial charge in [0.15, 0.2) is 12.0 Å². The fourth-order valence-corrected chi connectivity index (χ4v) is 2.03. The predicted molar refractivity (Wildman–Crippen MR) is 74.0 cm³/mol. The SMILES string of the molecule is COC1=C(C)C(O)N(c2cc(NC(C)C)ncn2)C1=O. The third-order valence-electron chi connectivity index (χ3n) is 2.94. The number of aliphatic hydroxyl groups is 1. The van der Waals surface area contributed by atoms with Crippen LogP contribution in [0.15, 0.2) is 23.7 Å². The molecule has 0 fully saturated rings. The van der Waals surface area contributed by atoms with Gasteiger partial charge in [0.1, 0.15) is 18.0 Å². The molecule has 1 aliphatic rings. The molecule has 0 radical (unpaired) electrons. The summed E-state index contributed by atoms with van der Waals surface area (Å²) in [5.41, 5.74) is 0.467. The van der Waals surface area contributed by atoms with Crippen molar-refractivity contribution in [2.24, 2.45) is 0 Å². The van der Waals surface area contributed by atoms with Crippen LogP contribution in [0.5, 0.6) is 0 Å². The van der Waals surface area contributed by atoms with Gasteiger partial charge in [-0.15, -0.1) is 0 Å². The van der Waals surface area contributed by atoms with E-state index in [9.17, 15) is 9.90 Å². The van der Waals surface area contributed by atoms with Gasteiger partial charge >= 0.3 is 0 Å². The highest BCUT2D eigenvalue weighted by Crippen LogP contribution is 2.29. The van der Waals surface area contributed by atoms with Crippen LogP contribution in [-0.2, 0) is 9.53 Å². The molecule has 2 N–H and O–H groups in total. The summed E-state index contributed by atoms with van der Waals surface area (Å²) in [7, 11) is 1.40. The molecule has 0 saturated carbocycles. The average molecular weight is 278 g/mol. The van der Waals surface area contributed by atoms with Gasteiger partial charge in [-0.05, 0) is 20.8 Å². The van der Waals surface area contributed by atoms with Crippen molar-refractivity contribution in [3.05, 3.63) is 23.7 Å². The van der Waals surface area contributed by atoms with Gasteiger partial charge in [0, 0.05) is 17.7 Å². The molecular weight excluding hydrogens is 260 g/mol. The Kier molecular flexibility index (Phi) is 3.89. The van der Waals surface area contributed by atoms with Crippen LogP contribution in [0.1, 0.15) is 20.8 Å². The number of hydrogen-bond donors (Lipinski definition) is 2. The summed E-state index contributed by atoms with van der Waals surface area (Å²) in [6, 6.07) is 1.82. The maximum atomic E-state index is 12.2. The van der Waals surface area contributed by atoms with E-state index in [1.54, 1.807) is 13.0 Å². The molecule has 0 aromatic carbocycles. The first-order valence-corrected chi connectivity index (χ1v) is 6.30. The molecule has 1 atom stereocenters. The van der Waals surface area contributed by atoms with Crippen molar-refractivity contribution in [1.82, 2.24) is 9.97 Å². The maximum Gasteiger partial charge on any atom is 0.297 e. The van der Waals surface area contributed by atoms with E-state index in [0.29, 0.717) is 17.2 Å². The number of amides is 1. The van der Waals surface area contributed by atoms with Gasteiger partial charge in [-0.2, -0.15) is 0 Å². The van der Waals surface area contributed by atoms with Crippen LogP contribution >= 0.6 is 0 Å². The zero-order valence-corrected chi connectivity index (χ0v) is 11.9. The number of methoxy groups -OCH3 is 1. The van der Waals surface area contributed by atoms with Crippen LogP contribution in [-0.4, -0.2) is 40.4 Å². The zero-order chi connectivity index (χ0) is 14.9. The minimum Gasteiger partial charge on any atom is -0.491 e. The average Bonchev–Trinajstić information content (AvgIpc) is 2.59.